The van der Waals surface area contributed by atoms with Crippen LogP contribution >= 0.6 is 0 Å². The summed E-state index contributed by atoms with van der Waals surface area (Å²) in [6, 6.07) is -0.515. The molecule has 0 radical (unpaired) electrons. The van der Waals surface area contributed by atoms with Gasteiger partial charge in [-0.3, -0.25) is 20.2 Å². The van der Waals surface area contributed by atoms with E-state index in [1.165, 1.54) is 38.5 Å². The monoisotopic (exact) mass is 366 g/mol. The van der Waals surface area contributed by atoms with Crippen LogP contribution in [0.3, 0.4) is 0 Å². The van der Waals surface area contributed by atoms with Gasteiger partial charge < -0.3 is 9.80 Å². The summed E-state index contributed by atoms with van der Waals surface area (Å²) < 4.78 is 0. The molecule has 0 aromatic rings. The number of imide groups is 2. The largest absolute Gasteiger partial charge is 0.324 e. The number of rotatable bonds is 13. The Morgan fingerprint density at radius 1 is 0.538 bits per heavy atom. The molecule has 6 amide bonds. The Labute approximate surface area is 154 Å². The van der Waals surface area contributed by atoms with Gasteiger partial charge in [-0.05, 0) is 12.8 Å². The molecule has 2 rings (SSSR count). The number of hydrogen-bond acceptors (Lipinski definition) is 4. The highest BCUT2D eigenvalue weighted by molar-refractivity contribution is 6.02. The number of carbonyl (C=O) groups excluding carboxylic acids is 4. The van der Waals surface area contributed by atoms with E-state index in [-0.39, 0.29) is 37.0 Å². The van der Waals surface area contributed by atoms with Crippen molar-refractivity contribution in [3.05, 3.63) is 0 Å². The first kappa shape index (κ1) is 20.2. The summed E-state index contributed by atoms with van der Waals surface area (Å²) >= 11 is 0. The van der Waals surface area contributed by atoms with Gasteiger partial charge in [0.1, 0.15) is 13.1 Å². The van der Waals surface area contributed by atoms with E-state index < -0.39 is 0 Å². The molecule has 0 aromatic heterocycles. The number of unbranched alkanes of at least 4 members (excludes halogenated alkanes) is 9. The molecule has 2 saturated heterocycles. The zero-order valence-electron chi connectivity index (χ0n) is 15.4. The van der Waals surface area contributed by atoms with Crippen LogP contribution in [0.15, 0.2) is 0 Å². The van der Waals surface area contributed by atoms with Gasteiger partial charge in [-0.25, -0.2) is 9.59 Å². The number of urea groups is 2. The lowest BCUT2D eigenvalue weighted by molar-refractivity contribution is -0.119. The third-order valence-corrected chi connectivity index (χ3v) is 4.84. The average Bonchev–Trinajstić information content (AvgIpc) is 3.08. The van der Waals surface area contributed by atoms with Gasteiger partial charge in [0.05, 0.1) is 0 Å². The van der Waals surface area contributed by atoms with Gasteiger partial charge in [-0.1, -0.05) is 51.4 Å². The third-order valence-electron chi connectivity index (χ3n) is 4.84. The van der Waals surface area contributed by atoms with Crippen LogP contribution < -0.4 is 10.6 Å². The Balaban J connectivity index is 1.32. The fraction of sp³-hybridized carbons (Fsp3) is 0.778. The fourth-order valence-corrected chi connectivity index (χ4v) is 3.35. The van der Waals surface area contributed by atoms with Crippen molar-refractivity contribution in [1.82, 2.24) is 20.4 Å². The molecule has 0 bridgehead atoms. The molecule has 0 saturated carbocycles. The number of nitrogens with zero attached hydrogens (tertiary/aromatic N) is 2. The minimum atomic E-state index is -0.257. The van der Waals surface area contributed by atoms with Gasteiger partial charge in [-0.15, -0.1) is 0 Å². The lowest BCUT2D eigenvalue weighted by atomic mass is 10.1. The smallest absolute Gasteiger partial charge is 0.315 e. The van der Waals surface area contributed by atoms with Gasteiger partial charge in [0.2, 0.25) is 11.8 Å². The number of amides is 6. The Kier molecular flexibility index (Phi) is 8.37. The van der Waals surface area contributed by atoms with E-state index in [2.05, 4.69) is 10.6 Å². The van der Waals surface area contributed by atoms with Crippen LogP contribution in [0.4, 0.5) is 9.59 Å². The van der Waals surface area contributed by atoms with Gasteiger partial charge in [0, 0.05) is 13.1 Å². The molecule has 2 N–H and O–H groups in total. The lowest BCUT2D eigenvalue weighted by Gasteiger charge is -2.12. The van der Waals surface area contributed by atoms with Crippen molar-refractivity contribution in [1.29, 1.82) is 0 Å². The molecule has 2 fully saturated rings. The van der Waals surface area contributed by atoms with Crippen molar-refractivity contribution >= 4 is 23.9 Å². The summed E-state index contributed by atoms with van der Waals surface area (Å²) in [5.41, 5.74) is 0. The van der Waals surface area contributed by atoms with Gasteiger partial charge in [-0.2, -0.15) is 0 Å². The van der Waals surface area contributed by atoms with Crippen LogP contribution in [0.25, 0.3) is 0 Å². The first-order chi connectivity index (χ1) is 12.6. The first-order valence-electron chi connectivity index (χ1n) is 9.74. The summed E-state index contributed by atoms with van der Waals surface area (Å²) in [5.74, 6) is -0.403. The Morgan fingerprint density at radius 2 is 0.846 bits per heavy atom. The maximum atomic E-state index is 11.4. The predicted molar refractivity (Wildman–Crippen MR) is 96.4 cm³/mol. The van der Waals surface area contributed by atoms with Gasteiger partial charge in [0.15, 0.2) is 0 Å². The highest BCUT2D eigenvalue weighted by Crippen LogP contribution is 2.12. The molecular weight excluding hydrogens is 336 g/mol. The Bertz CT molecular complexity index is 477. The molecule has 2 aliphatic rings. The molecule has 8 nitrogen and oxygen atoms in total. The molecule has 26 heavy (non-hydrogen) atoms. The Morgan fingerprint density at radius 3 is 1.12 bits per heavy atom. The molecule has 2 heterocycles. The lowest BCUT2D eigenvalue weighted by Crippen LogP contribution is -2.29. The number of nitrogens with one attached hydrogen (secondary N) is 2. The molecule has 0 atom stereocenters. The van der Waals surface area contributed by atoms with Crippen molar-refractivity contribution in [2.75, 3.05) is 26.2 Å². The average molecular weight is 366 g/mol. The molecule has 146 valence electrons. The molecule has 0 spiro atoms. The van der Waals surface area contributed by atoms with Crippen LogP contribution in [0.1, 0.15) is 64.2 Å². The van der Waals surface area contributed by atoms with E-state index in [1.807, 2.05) is 0 Å². The molecule has 0 unspecified atom stereocenters. The summed E-state index contributed by atoms with van der Waals surface area (Å²) in [7, 11) is 0. The third kappa shape index (κ3) is 7.01. The van der Waals surface area contributed by atoms with E-state index in [1.54, 1.807) is 9.80 Å². The van der Waals surface area contributed by atoms with Crippen LogP contribution in [-0.2, 0) is 9.59 Å². The number of hydrogen-bond donors (Lipinski definition) is 2. The fourth-order valence-electron chi connectivity index (χ4n) is 3.35. The SMILES string of the molecule is O=C1CN(CCCCCCCCCCCCN2CC(=O)NC2=O)C(=O)N1. The summed E-state index contributed by atoms with van der Waals surface area (Å²) in [6.45, 7) is 1.74. The minimum Gasteiger partial charge on any atom is -0.315 e. The van der Waals surface area contributed by atoms with E-state index in [4.69, 9.17) is 0 Å². The zero-order chi connectivity index (χ0) is 18.8. The minimum absolute atomic E-state index is 0.202. The Hall–Kier alpha value is -2.12. The summed E-state index contributed by atoms with van der Waals surface area (Å²) in [5, 5.41) is 4.57. The molecule has 2 aliphatic heterocycles. The van der Waals surface area contributed by atoms with Crippen molar-refractivity contribution in [2.45, 2.75) is 64.2 Å². The van der Waals surface area contributed by atoms with E-state index >= 15 is 0 Å². The second-order valence-electron chi connectivity index (χ2n) is 7.09. The van der Waals surface area contributed by atoms with E-state index in [0.717, 1.165) is 25.7 Å². The van der Waals surface area contributed by atoms with Crippen LogP contribution in [0.5, 0.6) is 0 Å². The second-order valence-corrected chi connectivity index (χ2v) is 7.09. The molecular formula is C18H30N4O4. The topological polar surface area (TPSA) is 98.8 Å². The maximum Gasteiger partial charge on any atom is 0.324 e. The van der Waals surface area contributed by atoms with E-state index in [0.29, 0.717) is 13.1 Å². The second kappa shape index (κ2) is 10.8. The zero-order valence-corrected chi connectivity index (χ0v) is 15.4. The van der Waals surface area contributed by atoms with E-state index in [9.17, 15) is 19.2 Å². The van der Waals surface area contributed by atoms with Gasteiger partial charge >= 0.3 is 12.1 Å². The van der Waals surface area contributed by atoms with Crippen molar-refractivity contribution in [3.8, 4) is 0 Å². The van der Waals surface area contributed by atoms with Crippen molar-refractivity contribution in [2.24, 2.45) is 0 Å². The van der Waals surface area contributed by atoms with Gasteiger partial charge in [0.25, 0.3) is 0 Å². The van der Waals surface area contributed by atoms with Crippen LogP contribution in [0.2, 0.25) is 0 Å². The quantitative estimate of drug-likeness (QED) is 0.385. The van der Waals surface area contributed by atoms with Crippen LogP contribution in [0, 0.1) is 0 Å². The highest BCUT2D eigenvalue weighted by Gasteiger charge is 2.26. The highest BCUT2D eigenvalue weighted by atomic mass is 16.2. The molecule has 8 heteroatoms. The van der Waals surface area contributed by atoms with Crippen LogP contribution in [-0.4, -0.2) is 59.9 Å². The standard InChI is InChI=1S/C18H30N4O4/c23-15-13-21(17(25)19-15)11-9-7-5-3-1-2-4-6-8-10-12-22-14-16(24)20-18(22)26/h1-14H2,(H,19,23,25)(H,20,24,26). The van der Waals surface area contributed by atoms with Crippen molar-refractivity contribution < 1.29 is 19.2 Å². The molecule has 0 aliphatic carbocycles. The van der Waals surface area contributed by atoms with Crippen molar-refractivity contribution in [3.63, 3.8) is 0 Å². The molecule has 0 aromatic carbocycles. The normalized spacial score (nSPS) is 17.2. The summed E-state index contributed by atoms with van der Waals surface area (Å²) in [4.78, 5) is 48.0. The number of carbonyl (C=O) groups is 4. The summed E-state index contributed by atoms with van der Waals surface area (Å²) in [6.07, 6.45) is 11.3. The first-order valence-corrected chi connectivity index (χ1v) is 9.74. The maximum absolute atomic E-state index is 11.4. The predicted octanol–water partition coefficient (Wildman–Crippen LogP) is 1.99.